The van der Waals surface area contributed by atoms with Crippen molar-refractivity contribution in [3.63, 3.8) is 0 Å². The van der Waals surface area contributed by atoms with Crippen molar-refractivity contribution in [2.24, 2.45) is 7.05 Å². The summed E-state index contributed by atoms with van der Waals surface area (Å²) >= 11 is 0. The Labute approximate surface area is 169 Å². The summed E-state index contributed by atoms with van der Waals surface area (Å²) in [6, 6.07) is 24.4. The maximum absolute atomic E-state index is 6.10. The third kappa shape index (κ3) is 2.71. The van der Waals surface area contributed by atoms with Crippen LogP contribution < -0.4 is 4.90 Å². The molecule has 0 spiro atoms. The molecule has 3 aromatic carbocycles. The third-order valence-electron chi connectivity index (χ3n) is 6.00. The Morgan fingerprint density at radius 3 is 2.66 bits per heavy atom. The summed E-state index contributed by atoms with van der Waals surface area (Å²) in [4.78, 5) is 7.05. The van der Waals surface area contributed by atoms with Gasteiger partial charge < -0.3 is 13.9 Å². The summed E-state index contributed by atoms with van der Waals surface area (Å²) in [5, 5.41) is 1.25. The summed E-state index contributed by atoms with van der Waals surface area (Å²) < 4.78 is 8.24. The fraction of sp³-hybridized carbons (Fsp3) is 0.160. The van der Waals surface area contributed by atoms with Gasteiger partial charge in [-0.1, -0.05) is 36.4 Å². The molecule has 5 aromatic rings. The number of anilines is 1. The first-order chi connectivity index (χ1) is 14.2. The van der Waals surface area contributed by atoms with E-state index in [1.807, 2.05) is 6.07 Å². The van der Waals surface area contributed by atoms with Crippen molar-refractivity contribution in [2.75, 3.05) is 11.4 Å². The van der Waals surface area contributed by atoms with Gasteiger partial charge in [-0.05, 0) is 59.0 Å². The predicted molar refractivity (Wildman–Crippen MR) is 117 cm³/mol. The van der Waals surface area contributed by atoms with Crippen molar-refractivity contribution in [1.82, 2.24) is 9.55 Å². The Morgan fingerprint density at radius 2 is 1.72 bits per heavy atom. The summed E-state index contributed by atoms with van der Waals surface area (Å²) in [5.41, 5.74) is 8.13. The zero-order chi connectivity index (χ0) is 19.4. The first-order valence-corrected chi connectivity index (χ1v) is 10.0. The van der Waals surface area contributed by atoms with E-state index >= 15 is 0 Å². The summed E-state index contributed by atoms with van der Waals surface area (Å²) in [5.74, 6) is 0. The second-order valence-electron chi connectivity index (χ2n) is 7.82. The van der Waals surface area contributed by atoms with Crippen LogP contribution in [0.5, 0.6) is 0 Å². The Balaban J connectivity index is 1.35. The second kappa shape index (κ2) is 6.24. The lowest BCUT2D eigenvalue weighted by Gasteiger charge is -2.27. The quantitative estimate of drug-likeness (QED) is 0.403. The molecule has 2 aromatic heterocycles. The standard InChI is InChI=1S/C25H21N3O/c1-27-12-10-20-14-18(6-8-23(20)27)19-7-9-24-22(15-19)26-25(29-24)28-13-11-17-4-2-3-5-21(17)16-28/h2-10,12,14-15H,11,13,16H2,1H3. The van der Waals surface area contributed by atoms with Gasteiger partial charge in [-0.15, -0.1) is 0 Å². The van der Waals surface area contributed by atoms with E-state index in [0.717, 1.165) is 36.2 Å². The molecule has 142 valence electrons. The Hall–Kier alpha value is -3.53. The number of nitrogens with zero attached hydrogens (tertiary/aromatic N) is 3. The second-order valence-corrected chi connectivity index (χ2v) is 7.82. The van der Waals surface area contributed by atoms with E-state index in [9.17, 15) is 0 Å². The molecule has 3 heterocycles. The molecule has 4 nitrogen and oxygen atoms in total. The molecule has 0 saturated carbocycles. The van der Waals surface area contributed by atoms with Crippen LogP contribution in [0.2, 0.25) is 0 Å². The number of fused-ring (bicyclic) bond motifs is 3. The molecule has 0 amide bonds. The van der Waals surface area contributed by atoms with E-state index in [-0.39, 0.29) is 0 Å². The maximum Gasteiger partial charge on any atom is 0.298 e. The molecule has 0 bridgehead atoms. The van der Waals surface area contributed by atoms with Crippen LogP contribution in [0, 0.1) is 0 Å². The van der Waals surface area contributed by atoms with E-state index in [1.54, 1.807) is 0 Å². The smallest absolute Gasteiger partial charge is 0.298 e. The highest BCUT2D eigenvalue weighted by Crippen LogP contribution is 2.31. The topological polar surface area (TPSA) is 34.2 Å². The molecule has 0 unspecified atom stereocenters. The molecule has 0 saturated heterocycles. The minimum atomic E-state index is 0.713. The maximum atomic E-state index is 6.10. The number of benzene rings is 3. The highest BCUT2D eigenvalue weighted by molar-refractivity contribution is 5.88. The number of hydrogen-bond donors (Lipinski definition) is 0. The van der Waals surface area contributed by atoms with Gasteiger partial charge >= 0.3 is 0 Å². The zero-order valence-electron chi connectivity index (χ0n) is 16.3. The molecule has 0 radical (unpaired) electrons. The first kappa shape index (κ1) is 16.4. The summed E-state index contributed by atoms with van der Waals surface area (Å²) in [6.45, 7) is 1.78. The van der Waals surface area contributed by atoms with Crippen molar-refractivity contribution in [3.05, 3.63) is 84.1 Å². The summed E-state index contributed by atoms with van der Waals surface area (Å²) in [7, 11) is 2.07. The summed E-state index contributed by atoms with van der Waals surface area (Å²) in [6.07, 6.45) is 3.12. The molecule has 29 heavy (non-hydrogen) atoms. The van der Waals surface area contributed by atoms with Crippen molar-refractivity contribution >= 4 is 28.0 Å². The van der Waals surface area contributed by atoms with Gasteiger partial charge in [-0.3, -0.25) is 0 Å². The molecule has 4 heteroatoms. The van der Waals surface area contributed by atoms with Crippen LogP contribution in [-0.2, 0) is 20.0 Å². The monoisotopic (exact) mass is 379 g/mol. The highest BCUT2D eigenvalue weighted by Gasteiger charge is 2.20. The fourth-order valence-corrected chi connectivity index (χ4v) is 4.35. The molecule has 1 aliphatic rings. The molecule has 0 fully saturated rings. The molecule has 0 N–H and O–H groups in total. The average molecular weight is 379 g/mol. The zero-order valence-corrected chi connectivity index (χ0v) is 16.3. The SMILES string of the molecule is Cn1ccc2cc(-c3ccc4oc(N5CCc6ccccc6C5)nc4c3)ccc21. The average Bonchev–Trinajstić information content (AvgIpc) is 3.36. The first-order valence-electron chi connectivity index (χ1n) is 10.0. The van der Waals surface area contributed by atoms with Crippen molar-refractivity contribution in [1.29, 1.82) is 0 Å². The van der Waals surface area contributed by atoms with Crippen LogP contribution in [0.3, 0.4) is 0 Å². The van der Waals surface area contributed by atoms with E-state index in [0.29, 0.717) is 6.01 Å². The van der Waals surface area contributed by atoms with Crippen LogP contribution >= 0.6 is 0 Å². The van der Waals surface area contributed by atoms with Gasteiger partial charge in [-0.25, -0.2) is 0 Å². The normalized spacial score (nSPS) is 13.9. The van der Waals surface area contributed by atoms with Crippen LogP contribution in [0.1, 0.15) is 11.1 Å². The highest BCUT2D eigenvalue weighted by atomic mass is 16.4. The number of aryl methyl sites for hydroxylation is 1. The lowest BCUT2D eigenvalue weighted by Crippen LogP contribution is -2.30. The number of oxazole rings is 1. The fourth-order valence-electron chi connectivity index (χ4n) is 4.35. The molecule has 1 aliphatic heterocycles. The largest absolute Gasteiger partial charge is 0.423 e. The molecule has 0 aliphatic carbocycles. The van der Waals surface area contributed by atoms with Crippen LogP contribution in [0.4, 0.5) is 6.01 Å². The van der Waals surface area contributed by atoms with Gasteiger partial charge in [0.15, 0.2) is 5.58 Å². The lowest BCUT2D eigenvalue weighted by atomic mass is 10.0. The third-order valence-corrected chi connectivity index (χ3v) is 6.00. The van der Waals surface area contributed by atoms with Gasteiger partial charge in [-0.2, -0.15) is 4.98 Å². The molecular weight excluding hydrogens is 358 g/mol. The minimum Gasteiger partial charge on any atom is -0.423 e. The van der Waals surface area contributed by atoms with Gasteiger partial charge in [0.2, 0.25) is 0 Å². The number of rotatable bonds is 2. The van der Waals surface area contributed by atoms with Gasteiger partial charge in [0.05, 0.1) is 0 Å². The van der Waals surface area contributed by atoms with Crippen LogP contribution in [-0.4, -0.2) is 16.1 Å². The predicted octanol–water partition coefficient (Wildman–Crippen LogP) is 5.55. The van der Waals surface area contributed by atoms with Gasteiger partial charge in [0.25, 0.3) is 6.01 Å². The van der Waals surface area contributed by atoms with Gasteiger partial charge in [0.1, 0.15) is 5.52 Å². The lowest BCUT2D eigenvalue weighted by molar-refractivity contribution is 0.554. The van der Waals surface area contributed by atoms with Crippen molar-refractivity contribution in [2.45, 2.75) is 13.0 Å². The van der Waals surface area contributed by atoms with E-state index < -0.39 is 0 Å². The molecular formula is C25H21N3O. The Kier molecular flexibility index (Phi) is 3.54. The van der Waals surface area contributed by atoms with Crippen LogP contribution in [0.25, 0.3) is 33.1 Å². The van der Waals surface area contributed by atoms with Gasteiger partial charge in [0, 0.05) is 37.2 Å². The molecule has 6 rings (SSSR count). The Bertz CT molecular complexity index is 1360. The van der Waals surface area contributed by atoms with E-state index in [1.165, 1.54) is 27.6 Å². The number of aromatic nitrogens is 2. The molecule has 0 atom stereocenters. The number of hydrogen-bond acceptors (Lipinski definition) is 3. The minimum absolute atomic E-state index is 0.713. The van der Waals surface area contributed by atoms with Crippen molar-refractivity contribution in [3.8, 4) is 11.1 Å². The van der Waals surface area contributed by atoms with Crippen LogP contribution in [0.15, 0.2) is 77.3 Å². The Morgan fingerprint density at radius 1 is 0.897 bits per heavy atom. The van der Waals surface area contributed by atoms with E-state index in [4.69, 9.17) is 9.40 Å². The van der Waals surface area contributed by atoms with Crippen molar-refractivity contribution < 1.29 is 4.42 Å². The van der Waals surface area contributed by atoms with E-state index in [2.05, 4.69) is 83.4 Å².